The van der Waals surface area contributed by atoms with E-state index < -0.39 is 0 Å². The van der Waals surface area contributed by atoms with Crippen molar-refractivity contribution in [2.45, 2.75) is 38.1 Å². The fourth-order valence-corrected chi connectivity index (χ4v) is 3.66. The van der Waals surface area contributed by atoms with Crippen LogP contribution in [-0.4, -0.2) is 19.1 Å². The molecule has 120 valence electrons. The van der Waals surface area contributed by atoms with E-state index in [1.807, 2.05) is 12.1 Å². The van der Waals surface area contributed by atoms with Crippen molar-refractivity contribution in [2.75, 3.05) is 7.11 Å². The summed E-state index contributed by atoms with van der Waals surface area (Å²) in [5, 5.41) is 3.10. The lowest BCUT2D eigenvalue weighted by atomic mass is 9.77. The molecule has 3 rings (SSSR count). The van der Waals surface area contributed by atoms with Crippen LogP contribution < -0.4 is 10.1 Å². The van der Waals surface area contributed by atoms with Crippen molar-refractivity contribution < 1.29 is 9.53 Å². The van der Waals surface area contributed by atoms with Crippen LogP contribution in [0.4, 0.5) is 0 Å². The topological polar surface area (TPSA) is 38.3 Å². The summed E-state index contributed by atoms with van der Waals surface area (Å²) < 4.78 is 5.55. The van der Waals surface area contributed by atoms with Gasteiger partial charge < -0.3 is 10.1 Å². The lowest BCUT2D eigenvalue weighted by Crippen LogP contribution is -2.39. The standard InChI is InChI=1S/C20H23NO2/c1-14(22)21-17-12-16(11-15-7-4-3-5-8-15)18-9-6-10-20(23-2)19(18)13-17/h3-10,16-17H,11-13H2,1-2H3,(H,21,22). The van der Waals surface area contributed by atoms with Gasteiger partial charge in [0.15, 0.2) is 0 Å². The Morgan fingerprint density at radius 3 is 2.65 bits per heavy atom. The highest BCUT2D eigenvalue weighted by atomic mass is 16.5. The number of carbonyl (C=O) groups excluding carboxylic acids is 1. The monoisotopic (exact) mass is 309 g/mol. The molecule has 1 N–H and O–H groups in total. The number of carbonyl (C=O) groups is 1. The first-order chi connectivity index (χ1) is 11.2. The van der Waals surface area contributed by atoms with Gasteiger partial charge in [-0.2, -0.15) is 0 Å². The number of hydrogen-bond donors (Lipinski definition) is 1. The SMILES string of the molecule is COc1cccc2c1CC(NC(C)=O)CC2Cc1ccccc1. The van der Waals surface area contributed by atoms with E-state index in [0.29, 0.717) is 5.92 Å². The van der Waals surface area contributed by atoms with Gasteiger partial charge in [-0.25, -0.2) is 0 Å². The summed E-state index contributed by atoms with van der Waals surface area (Å²) in [6.45, 7) is 1.59. The van der Waals surface area contributed by atoms with Gasteiger partial charge in [-0.05, 0) is 47.9 Å². The molecule has 1 aliphatic carbocycles. The second-order valence-corrected chi connectivity index (χ2v) is 6.25. The minimum Gasteiger partial charge on any atom is -0.496 e. The highest BCUT2D eigenvalue weighted by Crippen LogP contribution is 2.38. The fourth-order valence-electron chi connectivity index (χ4n) is 3.66. The van der Waals surface area contributed by atoms with E-state index in [1.165, 1.54) is 16.7 Å². The molecule has 0 heterocycles. The van der Waals surface area contributed by atoms with Crippen LogP contribution in [0.5, 0.6) is 5.75 Å². The minimum absolute atomic E-state index is 0.0341. The molecule has 0 spiro atoms. The Labute approximate surface area is 137 Å². The molecule has 2 aromatic carbocycles. The van der Waals surface area contributed by atoms with Gasteiger partial charge in [-0.1, -0.05) is 42.5 Å². The molecule has 1 amide bonds. The van der Waals surface area contributed by atoms with Gasteiger partial charge in [0.05, 0.1) is 7.11 Å². The lowest BCUT2D eigenvalue weighted by Gasteiger charge is -2.33. The molecule has 0 radical (unpaired) electrons. The third-order valence-electron chi connectivity index (χ3n) is 4.58. The Balaban J connectivity index is 1.93. The maximum absolute atomic E-state index is 11.5. The molecular formula is C20H23NO2. The Morgan fingerprint density at radius 2 is 1.96 bits per heavy atom. The first-order valence-electron chi connectivity index (χ1n) is 8.14. The van der Waals surface area contributed by atoms with E-state index in [1.54, 1.807) is 14.0 Å². The third-order valence-corrected chi connectivity index (χ3v) is 4.58. The van der Waals surface area contributed by atoms with E-state index in [0.717, 1.165) is 25.0 Å². The average molecular weight is 309 g/mol. The van der Waals surface area contributed by atoms with Gasteiger partial charge in [-0.15, -0.1) is 0 Å². The largest absolute Gasteiger partial charge is 0.496 e. The van der Waals surface area contributed by atoms with Crippen molar-refractivity contribution in [3.63, 3.8) is 0 Å². The van der Waals surface area contributed by atoms with Crippen LogP contribution in [-0.2, 0) is 17.6 Å². The molecule has 3 nitrogen and oxygen atoms in total. The maximum Gasteiger partial charge on any atom is 0.217 e. The summed E-state index contributed by atoms with van der Waals surface area (Å²) in [5.74, 6) is 1.36. The number of fused-ring (bicyclic) bond motifs is 1. The molecule has 3 heteroatoms. The minimum atomic E-state index is 0.0341. The molecule has 0 bridgehead atoms. The quantitative estimate of drug-likeness (QED) is 0.939. The van der Waals surface area contributed by atoms with Crippen molar-refractivity contribution in [2.24, 2.45) is 0 Å². The van der Waals surface area contributed by atoms with Crippen molar-refractivity contribution in [3.8, 4) is 5.75 Å². The van der Waals surface area contributed by atoms with E-state index in [4.69, 9.17) is 4.74 Å². The highest BCUT2D eigenvalue weighted by molar-refractivity contribution is 5.73. The summed E-state index contributed by atoms with van der Waals surface area (Å²) in [6, 6.07) is 17.0. The molecule has 0 aliphatic heterocycles. The van der Waals surface area contributed by atoms with Crippen LogP contribution in [0.2, 0.25) is 0 Å². The molecule has 0 saturated heterocycles. The molecule has 23 heavy (non-hydrogen) atoms. The summed E-state index contributed by atoms with van der Waals surface area (Å²) in [4.78, 5) is 11.5. The van der Waals surface area contributed by atoms with Crippen molar-refractivity contribution in [1.29, 1.82) is 0 Å². The predicted molar refractivity (Wildman–Crippen MR) is 91.8 cm³/mol. The number of benzene rings is 2. The molecule has 0 fully saturated rings. The average Bonchev–Trinajstić information content (AvgIpc) is 2.55. The Kier molecular flexibility index (Phi) is 4.65. The molecule has 0 saturated carbocycles. The molecule has 1 aliphatic rings. The van der Waals surface area contributed by atoms with Crippen LogP contribution in [0.3, 0.4) is 0 Å². The normalized spacial score (nSPS) is 19.7. The van der Waals surface area contributed by atoms with Gasteiger partial charge in [0.2, 0.25) is 5.91 Å². The van der Waals surface area contributed by atoms with Gasteiger partial charge in [0, 0.05) is 13.0 Å². The van der Waals surface area contributed by atoms with Crippen LogP contribution in [0.1, 0.15) is 36.0 Å². The predicted octanol–water partition coefficient (Wildman–Crippen LogP) is 3.47. The molecule has 2 unspecified atom stereocenters. The smallest absolute Gasteiger partial charge is 0.217 e. The zero-order valence-corrected chi connectivity index (χ0v) is 13.7. The summed E-state index contributed by atoms with van der Waals surface area (Å²) >= 11 is 0. The lowest BCUT2D eigenvalue weighted by molar-refractivity contribution is -0.119. The van der Waals surface area contributed by atoms with Crippen molar-refractivity contribution in [1.82, 2.24) is 5.32 Å². The number of nitrogens with one attached hydrogen (secondary N) is 1. The second-order valence-electron chi connectivity index (χ2n) is 6.25. The Morgan fingerprint density at radius 1 is 1.17 bits per heavy atom. The van der Waals surface area contributed by atoms with Crippen LogP contribution in [0.15, 0.2) is 48.5 Å². The zero-order valence-electron chi connectivity index (χ0n) is 13.7. The van der Waals surface area contributed by atoms with E-state index in [2.05, 4.69) is 41.7 Å². The number of hydrogen-bond acceptors (Lipinski definition) is 2. The maximum atomic E-state index is 11.5. The van der Waals surface area contributed by atoms with Gasteiger partial charge in [0.25, 0.3) is 0 Å². The van der Waals surface area contributed by atoms with E-state index >= 15 is 0 Å². The Hall–Kier alpha value is -2.29. The van der Waals surface area contributed by atoms with Crippen LogP contribution in [0.25, 0.3) is 0 Å². The van der Waals surface area contributed by atoms with Gasteiger partial charge in [-0.3, -0.25) is 4.79 Å². The van der Waals surface area contributed by atoms with Crippen LogP contribution >= 0.6 is 0 Å². The molecular weight excluding hydrogens is 286 g/mol. The molecule has 2 atom stereocenters. The first kappa shape index (κ1) is 15.6. The highest BCUT2D eigenvalue weighted by Gasteiger charge is 2.29. The van der Waals surface area contributed by atoms with E-state index in [-0.39, 0.29) is 11.9 Å². The third kappa shape index (κ3) is 3.55. The molecule has 2 aromatic rings. The summed E-state index contributed by atoms with van der Waals surface area (Å²) in [5.41, 5.74) is 3.92. The Bertz CT molecular complexity index is 681. The summed E-state index contributed by atoms with van der Waals surface area (Å²) in [7, 11) is 1.71. The number of amides is 1. The van der Waals surface area contributed by atoms with Gasteiger partial charge in [0.1, 0.15) is 5.75 Å². The zero-order chi connectivity index (χ0) is 16.2. The second kappa shape index (κ2) is 6.86. The first-order valence-corrected chi connectivity index (χ1v) is 8.14. The molecule has 0 aromatic heterocycles. The van der Waals surface area contributed by atoms with Crippen LogP contribution in [0, 0.1) is 0 Å². The van der Waals surface area contributed by atoms with Crippen molar-refractivity contribution >= 4 is 5.91 Å². The summed E-state index contributed by atoms with van der Waals surface area (Å²) in [6.07, 6.45) is 2.79. The number of rotatable bonds is 4. The van der Waals surface area contributed by atoms with E-state index in [9.17, 15) is 4.79 Å². The van der Waals surface area contributed by atoms with Gasteiger partial charge >= 0.3 is 0 Å². The number of ether oxygens (including phenoxy) is 1. The fraction of sp³-hybridized carbons (Fsp3) is 0.350. The van der Waals surface area contributed by atoms with Crippen molar-refractivity contribution in [3.05, 3.63) is 65.2 Å². The number of methoxy groups -OCH3 is 1.